The summed E-state index contributed by atoms with van der Waals surface area (Å²) in [5.74, 6) is 0.157. The molecule has 19 heavy (non-hydrogen) atoms. The van der Waals surface area contributed by atoms with E-state index in [1.807, 2.05) is 33.8 Å². The Kier molecular flexibility index (Phi) is 4.98. The second-order valence-corrected chi connectivity index (χ2v) is 7.53. The van der Waals surface area contributed by atoms with Crippen LogP contribution >= 0.6 is 0 Å². The lowest BCUT2D eigenvalue weighted by Crippen LogP contribution is -2.47. The Morgan fingerprint density at radius 1 is 1.32 bits per heavy atom. The molecule has 1 rings (SSSR count). The van der Waals surface area contributed by atoms with Crippen molar-refractivity contribution >= 4 is 15.5 Å². The minimum atomic E-state index is -3.24. The molecule has 0 aliphatic carbocycles. The van der Waals surface area contributed by atoms with E-state index in [0.29, 0.717) is 17.0 Å². The molecule has 3 N–H and O–H groups in total. The highest BCUT2D eigenvalue weighted by Crippen LogP contribution is 2.26. The monoisotopic (exact) mass is 284 g/mol. The van der Waals surface area contributed by atoms with Gasteiger partial charge >= 0.3 is 0 Å². The molecular weight excluding hydrogens is 260 g/mol. The van der Waals surface area contributed by atoms with Crippen LogP contribution in [-0.4, -0.2) is 25.8 Å². The molecule has 1 aromatic rings. The molecular formula is C14H24N2O2S. The second kappa shape index (κ2) is 5.92. The first kappa shape index (κ1) is 16.0. The molecule has 0 aromatic heterocycles. The van der Waals surface area contributed by atoms with Crippen LogP contribution in [0.4, 0.5) is 5.69 Å². The molecule has 108 valence electrons. The van der Waals surface area contributed by atoms with Gasteiger partial charge in [-0.15, -0.1) is 0 Å². The molecule has 0 saturated heterocycles. The first-order valence-electron chi connectivity index (χ1n) is 6.56. The zero-order valence-electron chi connectivity index (χ0n) is 12.1. The van der Waals surface area contributed by atoms with E-state index in [9.17, 15) is 8.42 Å². The summed E-state index contributed by atoms with van der Waals surface area (Å²) in [7, 11) is -3.24. The third kappa shape index (κ3) is 3.94. The standard InChI is InChI=1S/C14H24N2O2S/c1-5-10-19(17,18)13-9-7-6-8-12(13)16-14(3,4)11(2)15/h6-9,11,16H,5,10,15H2,1-4H3. The van der Waals surface area contributed by atoms with Crippen LogP contribution in [0.15, 0.2) is 29.2 Å². The number of benzene rings is 1. The summed E-state index contributed by atoms with van der Waals surface area (Å²) in [4.78, 5) is 0.352. The Hall–Kier alpha value is -1.07. The fourth-order valence-corrected chi connectivity index (χ4v) is 3.18. The quantitative estimate of drug-likeness (QED) is 0.841. The maximum atomic E-state index is 12.2. The van der Waals surface area contributed by atoms with Crippen LogP contribution in [0.25, 0.3) is 0 Å². The Morgan fingerprint density at radius 3 is 2.42 bits per heavy atom. The van der Waals surface area contributed by atoms with Gasteiger partial charge in [-0.05, 0) is 39.3 Å². The number of sulfone groups is 1. The van der Waals surface area contributed by atoms with Crippen molar-refractivity contribution in [3.8, 4) is 0 Å². The minimum absolute atomic E-state index is 0.102. The number of para-hydroxylation sites is 1. The molecule has 0 aliphatic rings. The Morgan fingerprint density at radius 2 is 1.89 bits per heavy atom. The van der Waals surface area contributed by atoms with Crippen LogP contribution in [-0.2, 0) is 9.84 Å². The Balaban J connectivity index is 3.18. The van der Waals surface area contributed by atoms with E-state index < -0.39 is 9.84 Å². The highest BCUT2D eigenvalue weighted by Gasteiger charge is 2.25. The van der Waals surface area contributed by atoms with Crippen LogP contribution in [0.5, 0.6) is 0 Å². The van der Waals surface area contributed by atoms with Gasteiger partial charge in [0.1, 0.15) is 0 Å². The summed E-state index contributed by atoms with van der Waals surface area (Å²) in [6, 6.07) is 6.89. The average Bonchev–Trinajstić information content (AvgIpc) is 2.28. The lowest BCUT2D eigenvalue weighted by atomic mass is 9.96. The summed E-state index contributed by atoms with van der Waals surface area (Å²) < 4.78 is 24.5. The number of hydrogen-bond acceptors (Lipinski definition) is 4. The van der Waals surface area contributed by atoms with E-state index in [-0.39, 0.29) is 17.3 Å². The smallest absolute Gasteiger partial charge is 0.180 e. The fourth-order valence-electron chi connectivity index (χ4n) is 1.68. The van der Waals surface area contributed by atoms with Crippen molar-refractivity contribution in [2.75, 3.05) is 11.1 Å². The van der Waals surface area contributed by atoms with Gasteiger partial charge in [0.2, 0.25) is 0 Å². The van der Waals surface area contributed by atoms with Gasteiger partial charge in [-0.2, -0.15) is 0 Å². The molecule has 0 radical (unpaired) electrons. The van der Waals surface area contributed by atoms with Crippen molar-refractivity contribution in [2.24, 2.45) is 5.73 Å². The van der Waals surface area contributed by atoms with Crippen molar-refractivity contribution in [3.05, 3.63) is 24.3 Å². The summed E-state index contributed by atoms with van der Waals surface area (Å²) in [6.45, 7) is 7.68. The van der Waals surface area contributed by atoms with Crippen LogP contribution in [0, 0.1) is 0 Å². The van der Waals surface area contributed by atoms with Gasteiger partial charge in [-0.3, -0.25) is 0 Å². The van der Waals surface area contributed by atoms with Crippen LogP contribution in [0.2, 0.25) is 0 Å². The van der Waals surface area contributed by atoms with Gasteiger partial charge in [-0.25, -0.2) is 8.42 Å². The lowest BCUT2D eigenvalue weighted by molar-refractivity contribution is 0.469. The highest BCUT2D eigenvalue weighted by atomic mass is 32.2. The predicted molar refractivity (Wildman–Crippen MR) is 80.1 cm³/mol. The lowest BCUT2D eigenvalue weighted by Gasteiger charge is -2.32. The predicted octanol–water partition coefficient (Wildman–Crippen LogP) is 2.41. The largest absolute Gasteiger partial charge is 0.378 e. The molecule has 0 aliphatic heterocycles. The third-order valence-electron chi connectivity index (χ3n) is 3.29. The Bertz CT molecular complexity index is 522. The molecule has 1 atom stereocenters. The molecule has 1 aromatic carbocycles. The first-order valence-corrected chi connectivity index (χ1v) is 8.21. The molecule has 0 saturated carbocycles. The maximum Gasteiger partial charge on any atom is 0.180 e. The Labute approximate surface area is 116 Å². The highest BCUT2D eigenvalue weighted by molar-refractivity contribution is 7.91. The summed E-state index contributed by atoms with van der Waals surface area (Å²) >= 11 is 0. The zero-order chi connectivity index (χ0) is 14.7. The molecule has 4 nitrogen and oxygen atoms in total. The fraction of sp³-hybridized carbons (Fsp3) is 0.571. The van der Waals surface area contributed by atoms with Crippen molar-refractivity contribution in [3.63, 3.8) is 0 Å². The van der Waals surface area contributed by atoms with Gasteiger partial charge < -0.3 is 11.1 Å². The van der Waals surface area contributed by atoms with Crippen molar-refractivity contribution in [1.29, 1.82) is 0 Å². The number of nitrogens with two attached hydrogens (primary N) is 1. The van der Waals surface area contributed by atoms with Crippen LogP contribution < -0.4 is 11.1 Å². The number of nitrogens with one attached hydrogen (secondary N) is 1. The molecule has 0 bridgehead atoms. The van der Waals surface area contributed by atoms with Crippen molar-refractivity contribution in [1.82, 2.24) is 0 Å². The number of anilines is 1. The van der Waals surface area contributed by atoms with Crippen molar-refractivity contribution in [2.45, 2.75) is 50.6 Å². The minimum Gasteiger partial charge on any atom is -0.378 e. The van der Waals surface area contributed by atoms with Gasteiger partial charge in [0.15, 0.2) is 9.84 Å². The molecule has 0 amide bonds. The van der Waals surface area contributed by atoms with E-state index in [1.54, 1.807) is 18.2 Å². The summed E-state index contributed by atoms with van der Waals surface area (Å²) in [6.07, 6.45) is 0.605. The number of hydrogen-bond donors (Lipinski definition) is 2. The zero-order valence-corrected chi connectivity index (χ0v) is 12.9. The van der Waals surface area contributed by atoms with Crippen LogP contribution in [0.1, 0.15) is 34.1 Å². The van der Waals surface area contributed by atoms with Gasteiger partial charge in [0.05, 0.1) is 16.3 Å². The SMILES string of the molecule is CCCS(=O)(=O)c1ccccc1NC(C)(C)C(C)N. The second-order valence-electron chi connectivity index (χ2n) is 5.45. The van der Waals surface area contributed by atoms with E-state index in [0.717, 1.165) is 0 Å². The first-order chi connectivity index (χ1) is 8.70. The topological polar surface area (TPSA) is 72.2 Å². The normalized spacial score (nSPS) is 14.2. The van der Waals surface area contributed by atoms with Gasteiger partial charge in [0.25, 0.3) is 0 Å². The molecule has 0 spiro atoms. The van der Waals surface area contributed by atoms with E-state index >= 15 is 0 Å². The average molecular weight is 284 g/mol. The molecule has 0 heterocycles. The van der Waals surface area contributed by atoms with Crippen molar-refractivity contribution < 1.29 is 8.42 Å². The summed E-state index contributed by atoms with van der Waals surface area (Å²) in [5, 5.41) is 3.25. The van der Waals surface area contributed by atoms with Crippen LogP contribution in [0.3, 0.4) is 0 Å². The molecule has 5 heteroatoms. The van der Waals surface area contributed by atoms with E-state index in [1.165, 1.54) is 0 Å². The number of rotatable bonds is 6. The third-order valence-corrected chi connectivity index (χ3v) is 5.26. The van der Waals surface area contributed by atoms with E-state index in [4.69, 9.17) is 5.73 Å². The van der Waals surface area contributed by atoms with Gasteiger partial charge in [0, 0.05) is 11.6 Å². The molecule has 1 unspecified atom stereocenters. The summed E-state index contributed by atoms with van der Waals surface area (Å²) in [5.41, 5.74) is 6.17. The maximum absolute atomic E-state index is 12.2. The van der Waals surface area contributed by atoms with Gasteiger partial charge in [-0.1, -0.05) is 19.1 Å². The van der Waals surface area contributed by atoms with E-state index in [2.05, 4.69) is 5.32 Å². The molecule has 0 fully saturated rings.